The number of nitrogens with zero attached hydrogens (tertiary/aromatic N) is 3. The Morgan fingerprint density at radius 2 is 1.67 bits per heavy atom. The molecule has 1 aliphatic rings. The second kappa shape index (κ2) is 12.1. The highest BCUT2D eigenvalue weighted by atomic mass is 35.5. The molecule has 9 heteroatoms. The predicted molar refractivity (Wildman–Crippen MR) is 134 cm³/mol. The number of hydrogen-bond acceptors (Lipinski definition) is 4. The van der Waals surface area contributed by atoms with E-state index in [1.165, 1.54) is 0 Å². The molecule has 0 bridgehead atoms. The van der Waals surface area contributed by atoms with E-state index in [0.29, 0.717) is 43.3 Å². The molecular formula is C24H38ClN5O3. The van der Waals surface area contributed by atoms with E-state index in [4.69, 9.17) is 11.6 Å². The van der Waals surface area contributed by atoms with E-state index in [1.54, 1.807) is 11.0 Å². The maximum atomic E-state index is 12.7. The Bertz CT molecular complexity index is 835. The van der Waals surface area contributed by atoms with Crippen LogP contribution in [-0.4, -0.2) is 72.5 Å². The minimum absolute atomic E-state index is 0.0204. The third-order valence-corrected chi connectivity index (χ3v) is 5.74. The van der Waals surface area contributed by atoms with E-state index in [-0.39, 0.29) is 42.4 Å². The van der Waals surface area contributed by atoms with Gasteiger partial charge in [-0.25, -0.2) is 4.79 Å². The molecule has 1 aromatic carbocycles. The molecule has 0 radical (unpaired) electrons. The predicted octanol–water partition coefficient (Wildman–Crippen LogP) is 3.80. The number of benzene rings is 1. The van der Waals surface area contributed by atoms with Crippen molar-refractivity contribution in [3.8, 4) is 0 Å². The Morgan fingerprint density at radius 1 is 1.03 bits per heavy atom. The number of hydrogen-bond donors (Lipinski definition) is 2. The van der Waals surface area contributed by atoms with E-state index in [1.807, 2.05) is 58.6 Å². The zero-order chi connectivity index (χ0) is 24.7. The van der Waals surface area contributed by atoms with Gasteiger partial charge >= 0.3 is 6.03 Å². The number of halogens is 1. The van der Waals surface area contributed by atoms with Crippen LogP contribution in [0.5, 0.6) is 0 Å². The van der Waals surface area contributed by atoms with Crippen molar-refractivity contribution in [1.82, 2.24) is 15.1 Å². The molecule has 2 N–H and O–H groups in total. The molecule has 1 aliphatic heterocycles. The number of nitrogens with one attached hydrogen (secondary N) is 2. The highest BCUT2D eigenvalue weighted by Gasteiger charge is 2.23. The first-order chi connectivity index (χ1) is 15.5. The van der Waals surface area contributed by atoms with Crippen molar-refractivity contribution in [2.75, 3.05) is 42.9 Å². The van der Waals surface area contributed by atoms with Gasteiger partial charge in [0, 0.05) is 50.4 Å². The summed E-state index contributed by atoms with van der Waals surface area (Å²) < 4.78 is 0. The van der Waals surface area contributed by atoms with Crippen molar-refractivity contribution >= 4 is 40.8 Å². The van der Waals surface area contributed by atoms with Crippen molar-refractivity contribution in [1.29, 1.82) is 0 Å². The minimum Gasteiger partial charge on any atom is -0.368 e. The van der Waals surface area contributed by atoms with Gasteiger partial charge in [0.15, 0.2) is 0 Å². The smallest absolute Gasteiger partial charge is 0.317 e. The summed E-state index contributed by atoms with van der Waals surface area (Å²) in [5, 5.41) is 6.22. The molecule has 1 aromatic rings. The third kappa shape index (κ3) is 8.11. The molecule has 184 valence electrons. The van der Waals surface area contributed by atoms with E-state index >= 15 is 0 Å². The average molecular weight is 480 g/mol. The van der Waals surface area contributed by atoms with Gasteiger partial charge in [-0.3, -0.25) is 9.59 Å². The molecule has 0 atom stereocenters. The average Bonchev–Trinajstić information content (AvgIpc) is 2.72. The number of urea groups is 1. The summed E-state index contributed by atoms with van der Waals surface area (Å²) in [7, 11) is 0. The molecule has 0 unspecified atom stereocenters. The summed E-state index contributed by atoms with van der Waals surface area (Å²) >= 11 is 6.35. The van der Waals surface area contributed by atoms with Crippen molar-refractivity contribution in [2.24, 2.45) is 5.92 Å². The lowest BCUT2D eigenvalue weighted by Gasteiger charge is -2.36. The minimum atomic E-state index is -0.282. The van der Waals surface area contributed by atoms with Gasteiger partial charge in [0.05, 0.1) is 10.7 Å². The molecule has 8 nitrogen and oxygen atoms in total. The summed E-state index contributed by atoms with van der Waals surface area (Å²) in [6.07, 6.45) is 0.406. The van der Waals surface area contributed by atoms with Crippen LogP contribution in [0.2, 0.25) is 5.02 Å². The maximum absolute atomic E-state index is 12.7. The molecule has 33 heavy (non-hydrogen) atoms. The second-order valence-electron chi connectivity index (χ2n) is 9.50. The molecule has 2 rings (SSSR count). The Hall–Kier alpha value is -2.48. The molecular weight excluding hydrogens is 442 g/mol. The summed E-state index contributed by atoms with van der Waals surface area (Å²) in [5.41, 5.74) is 1.44. The Labute approximate surface area is 202 Å². The maximum Gasteiger partial charge on any atom is 0.317 e. The van der Waals surface area contributed by atoms with E-state index < -0.39 is 0 Å². The first-order valence-corrected chi connectivity index (χ1v) is 12.0. The quantitative estimate of drug-likeness (QED) is 0.593. The largest absolute Gasteiger partial charge is 0.368 e. The summed E-state index contributed by atoms with van der Waals surface area (Å²) in [4.78, 5) is 43.0. The Balaban J connectivity index is 2.02. The summed E-state index contributed by atoms with van der Waals surface area (Å²) in [6.45, 7) is 14.2. The third-order valence-electron chi connectivity index (χ3n) is 5.41. The van der Waals surface area contributed by atoms with Crippen molar-refractivity contribution in [3.63, 3.8) is 0 Å². The van der Waals surface area contributed by atoms with Gasteiger partial charge in [-0.15, -0.1) is 0 Å². The fourth-order valence-corrected chi connectivity index (χ4v) is 3.85. The molecule has 4 amide bonds. The fourth-order valence-electron chi connectivity index (χ4n) is 3.68. The number of carbonyl (C=O) groups is 3. The Kier molecular flexibility index (Phi) is 9.83. The van der Waals surface area contributed by atoms with E-state index in [0.717, 1.165) is 5.69 Å². The zero-order valence-corrected chi connectivity index (χ0v) is 21.4. The Morgan fingerprint density at radius 3 is 2.21 bits per heavy atom. The van der Waals surface area contributed by atoms with E-state index in [2.05, 4.69) is 15.5 Å². The molecule has 0 aliphatic carbocycles. The number of amides is 4. The lowest BCUT2D eigenvalue weighted by molar-refractivity contribution is -0.137. The van der Waals surface area contributed by atoms with Gasteiger partial charge in [0.2, 0.25) is 11.8 Å². The molecule has 1 fully saturated rings. The number of piperazine rings is 1. The van der Waals surface area contributed by atoms with Crippen LogP contribution < -0.4 is 15.5 Å². The lowest BCUT2D eigenvalue weighted by atomic mass is 10.1. The zero-order valence-electron chi connectivity index (χ0n) is 20.7. The van der Waals surface area contributed by atoms with Gasteiger partial charge in [-0.1, -0.05) is 25.4 Å². The van der Waals surface area contributed by atoms with Crippen molar-refractivity contribution < 1.29 is 14.4 Å². The lowest BCUT2D eigenvalue weighted by Crippen LogP contribution is -2.52. The van der Waals surface area contributed by atoms with Crippen LogP contribution in [0.1, 0.15) is 48.0 Å². The molecule has 0 spiro atoms. The van der Waals surface area contributed by atoms with Gasteiger partial charge in [0.1, 0.15) is 6.54 Å². The second-order valence-corrected chi connectivity index (χ2v) is 9.91. The van der Waals surface area contributed by atoms with Crippen molar-refractivity contribution in [2.45, 2.75) is 60.0 Å². The van der Waals surface area contributed by atoms with Gasteiger partial charge in [0.25, 0.3) is 0 Å². The van der Waals surface area contributed by atoms with Crippen LogP contribution in [0.4, 0.5) is 16.2 Å². The van der Waals surface area contributed by atoms with Crippen LogP contribution in [0.25, 0.3) is 0 Å². The van der Waals surface area contributed by atoms with Crippen LogP contribution in [0, 0.1) is 5.92 Å². The topological polar surface area (TPSA) is 85.0 Å². The first kappa shape index (κ1) is 26.8. The van der Waals surface area contributed by atoms with E-state index in [9.17, 15) is 14.4 Å². The highest BCUT2D eigenvalue weighted by Crippen LogP contribution is 2.28. The molecule has 0 saturated carbocycles. The molecule has 0 aromatic heterocycles. The summed E-state index contributed by atoms with van der Waals surface area (Å²) in [6, 6.07) is 5.50. The standard InChI is InChI=1S/C24H38ClN5O3/c1-16(2)13-23(32)30(18(5)6)15-22(31)27-21-14-19(7-8-20(21)25)28-9-11-29(12-10-28)24(33)26-17(3)4/h7-8,14,16-18H,9-13,15H2,1-6H3,(H,26,33)(H,27,31). The molecule has 1 heterocycles. The van der Waals surface area contributed by atoms with Crippen LogP contribution in [0.3, 0.4) is 0 Å². The highest BCUT2D eigenvalue weighted by molar-refractivity contribution is 6.33. The fraction of sp³-hybridized carbons (Fsp3) is 0.625. The number of rotatable bonds is 8. The van der Waals surface area contributed by atoms with Crippen LogP contribution >= 0.6 is 11.6 Å². The van der Waals surface area contributed by atoms with Crippen LogP contribution in [0.15, 0.2) is 18.2 Å². The van der Waals surface area contributed by atoms with Crippen LogP contribution in [-0.2, 0) is 9.59 Å². The normalized spacial score (nSPS) is 14.1. The number of carbonyl (C=O) groups excluding carboxylic acids is 3. The van der Waals surface area contributed by atoms with Gasteiger partial charge < -0.3 is 25.3 Å². The first-order valence-electron chi connectivity index (χ1n) is 11.7. The SMILES string of the molecule is CC(C)CC(=O)N(CC(=O)Nc1cc(N2CCN(C(=O)NC(C)C)CC2)ccc1Cl)C(C)C. The summed E-state index contributed by atoms with van der Waals surface area (Å²) in [5.74, 6) is -0.0887. The van der Waals surface area contributed by atoms with Gasteiger partial charge in [-0.05, 0) is 51.8 Å². The van der Waals surface area contributed by atoms with Gasteiger partial charge in [-0.2, -0.15) is 0 Å². The van der Waals surface area contributed by atoms with Crippen molar-refractivity contribution in [3.05, 3.63) is 23.2 Å². The monoisotopic (exact) mass is 479 g/mol. The number of anilines is 2. The molecule has 1 saturated heterocycles.